The summed E-state index contributed by atoms with van der Waals surface area (Å²) in [6, 6.07) is 11.8. The smallest absolute Gasteiger partial charge is 0.143 e. The van der Waals surface area contributed by atoms with Crippen molar-refractivity contribution >= 4 is 37.5 Å². The van der Waals surface area contributed by atoms with Crippen molar-refractivity contribution in [3.05, 3.63) is 56.5 Å². The van der Waals surface area contributed by atoms with Gasteiger partial charge in [0.15, 0.2) is 0 Å². The zero-order valence-electron chi connectivity index (χ0n) is 11.0. The Bertz CT molecular complexity index is 579. The number of methoxy groups -OCH3 is 1. The van der Waals surface area contributed by atoms with E-state index in [0.717, 1.165) is 16.8 Å². The molecule has 0 saturated carbocycles. The third-order valence-electron chi connectivity index (χ3n) is 2.88. The van der Waals surface area contributed by atoms with E-state index in [0.29, 0.717) is 22.1 Å². The number of aromatic hydroxyl groups is 1. The standard InChI is InChI=1S/C15H15Br2NO2/c1-20-9-11-4-2-3-5-14(11)18-8-10-6-12(16)15(19)13(17)7-10/h2-7,18-19H,8-9H2,1H3. The van der Waals surface area contributed by atoms with Gasteiger partial charge in [0.25, 0.3) is 0 Å². The minimum atomic E-state index is 0.216. The second-order valence-electron chi connectivity index (χ2n) is 4.35. The van der Waals surface area contributed by atoms with E-state index in [1.54, 1.807) is 7.11 Å². The molecule has 0 spiro atoms. The minimum Gasteiger partial charge on any atom is -0.506 e. The lowest BCUT2D eigenvalue weighted by Gasteiger charge is -2.12. The summed E-state index contributed by atoms with van der Waals surface area (Å²) in [6.07, 6.45) is 0. The molecule has 20 heavy (non-hydrogen) atoms. The summed E-state index contributed by atoms with van der Waals surface area (Å²) in [4.78, 5) is 0. The maximum absolute atomic E-state index is 9.70. The summed E-state index contributed by atoms with van der Waals surface area (Å²) in [5.74, 6) is 0.216. The first-order chi connectivity index (χ1) is 9.61. The van der Waals surface area contributed by atoms with Crippen molar-refractivity contribution in [2.24, 2.45) is 0 Å². The third-order valence-corrected chi connectivity index (χ3v) is 4.09. The summed E-state index contributed by atoms with van der Waals surface area (Å²) in [5.41, 5.74) is 3.23. The molecular weight excluding hydrogens is 386 g/mol. The van der Waals surface area contributed by atoms with Crippen LogP contribution in [0, 0.1) is 0 Å². The van der Waals surface area contributed by atoms with Gasteiger partial charge in [-0.2, -0.15) is 0 Å². The third kappa shape index (κ3) is 3.75. The molecule has 0 saturated heterocycles. The quantitative estimate of drug-likeness (QED) is 0.765. The van der Waals surface area contributed by atoms with Crippen molar-refractivity contribution in [2.45, 2.75) is 13.2 Å². The molecular formula is C15H15Br2NO2. The minimum absolute atomic E-state index is 0.216. The molecule has 0 heterocycles. The van der Waals surface area contributed by atoms with Crippen molar-refractivity contribution in [1.29, 1.82) is 0 Å². The maximum atomic E-state index is 9.70. The van der Waals surface area contributed by atoms with Crippen LogP contribution < -0.4 is 5.32 Å². The Kier molecular flexibility index (Phi) is 5.46. The lowest BCUT2D eigenvalue weighted by Crippen LogP contribution is -2.03. The number of hydrogen-bond acceptors (Lipinski definition) is 3. The van der Waals surface area contributed by atoms with Crippen LogP contribution in [0.15, 0.2) is 45.3 Å². The van der Waals surface area contributed by atoms with E-state index in [4.69, 9.17) is 4.74 Å². The number of halogens is 2. The van der Waals surface area contributed by atoms with Gasteiger partial charge in [0.2, 0.25) is 0 Å². The first-order valence-electron chi connectivity index (χ1n) is 6.09. The molecule has 106 valence electrons. The van der Waals surface area contributed by atoms with Gasteiger partial charge in [-0.15, -0.1) is 0 Å². The van der Waals surface area contributed by atoms with Gasteiger partial charge in [-0.1, -0.05) is 18.2 Å². The maximum Gasteiger partial charge on any atom is 0.143 e. The highest BCUT2D eigenvalue weighted by molar-refractivity contribution is 9.11. The van der Waals surface area contributed by atoms with Gasteiger partial charge in [-0.05, 0) is 55.6 Å². The van der Waals surface area contributed by atoms with Crippen LogP contribution in [0.5, 0.6) is 5.75 Å². The highest BCUT2D eigenvalue weighted by Gasteiger charge is 2.07. The monoisotopic (exact) mass is 399 g/mol. The number of nitrogens with one attached hydrogen (secondary N) is 1. The summed E-state index contributed by atoms with van der Waals surface area (Å²) in [7, 11) is 1.69. The van der Waals surface area contributed by atoms with E-state index in [9.17, 15) is 5.11 Å². The van der Waals surface area contributed by atoms with Gasteiger partial charge < -0.3 is 15.2 Å². The number of phenols is 1. The van der Waals surface area contributed by atoms with E-state index in [-0.39, 0.29) is 5.75 Å². The van der Waals surface area contributed by atoms with Crippen molar-refractivity contribution in [1.82, 2.24) is 0 Å². The second kappa shape index (κ2) is 7.11. The fourth-order valence-electron chi connectivity index (χ4n) is 1.89. The molecule has 0 aliphatic rings. The molecule has 0 aromatic heterocycles. The zero-order chi connectivity index (χ0) is 14.5. The number of benzene rings is 2. The summed E-state index contributed by atoms with van der Waals surface area (Å²) in [6.45, 7) is 1.24. The van der Waals surface area contributed by atoms with Crippen LogP contribution in [-0.2, 0) is 17.9 Å². The highest BCUT2D eigenvalue weighted by atomic mass is 79.9. The molecule has 0 fully saturated rings. The van der Waals surface area contributed by atoms with Gasteiger partial charge in [-0.25, -0.2) is 0 Å². The Morgan fingerprint density at radius 3 is 2.45 bits per heavy atom. The largest absolute Gasteiger partial charge is 0.506 e. The topological polar surface area (TPSA) is 41.5 Å². The summed E-state index contributed by atoms with van der Waals surface area (Å²) < 4.78 is 6.54. The number of para-hydroxylation sites is 1. The summed E-state index contributed by atoms with van der Waals surface area (Å²) >= 11 is 6.67. The number of phenolic OH excluding ortho intramolecular Hbond substituents is 1. The van der Waals surface area contributed by atoms with Gasteiger partial charge in [0.1, 0.15) is 5.75 Å². The van der Waals surface area contributed by atoms with E-state index in [2.05, 4.69) is 37.2 Å². The van der Waals surface area contributed by atoms with E-state index in [1.165, 1.54) is 0 Å². The molecule has 0 atom stereocenters. The van der Waals surface area contributed by atoms with Crippen molar-refractivity contribution in [2.75, 3.05) is 12.4 Å². The van der Waals surface area contributed by atoms with Gasteiger partial charge in [0.05, 0.1) is 15.6 Å². The van der Waals surface area contributed by atoms with E-state index in [1.807, 2.05) is 36.4 Å². The average Bonchev–Trinajstić information content (AvgIpc) is 2.44. The van der Waals surface area contributed by atoms with Gasteiger partial charge >= 0.3 is 0 Å². The molecule has 2 aromatic carbocycles. The Morgan fingerprint density at radius 2 is 1.80 bits per heavy atom. The molecule has 2 N–H and O–H groups in total. The number of rotatable bonds is 5. The molecule has 0 aliphatic carbocycles. The number of ether oxygens (including phenoxy) is 1. The molecule has 2 aromatic rings. The van der Waals surface area contributed by atoms with E-state index >= 15 is 0 Å². The molecule has 2 rings (SSSR count). The van der Waals surface area contributed by atoms with Crippen molar-refractivity contribution in [3.63, 3.8) is 0 Å². The van der Waals surface area contributed by atoms with Crippen LogP contribution >= 0.6 is 31.9 Å². The Morgan fingerprint density at radius 1 is 1.15 bits per heavy atom. The van der Waals surface area contributed by atoms with Crippen LogP contribution in [-0.4, -0.2) is 12.2 Å². The highest BCUT2D eigenvalue weighted by Crippen LogP contribution is 2.33. The first-order valence-corrected chi connectivity index (χ1v) is 7.68. The molecule has 3 nitrogen and oxygen atoms in total. The van der Waals surface area contributed by atoms with Crippen molar-refractivity contribution in [3.8, 4) is 5.75 Å². The lowest BCUT2D eigenvalue weighted by molar-refractivity contribution is 0.185. The van der Waals surface area contributed by atoms with Crippen LogP contribution in [0.4, 0.5) is 5.69 Å². The average molecular weight is 401 g/mol. The normalized spacial score (nSPS) is 10.6. The number of hydrogen-bond donors (Lipinski definition) is 2. The van der Waals surface area contributed by atoms with Gasteiger partial charge in [0, 0.05) is 24.9 Å². The van der Waals surface area contributed by atoms with E-state index < -0.39 is 0 Å². The number of anilines is 1. The Labute approximate surface area is 135 Å². The van der Waals surface area contributed by atoms with Crippen LogP contribution in [0.2, 0.25) is 0 Å². The predicted octanol–water partition coefficient (Wildman–Crippen LogP) is 4.68. The molecule has 0 bridgehead atoms. The molecule has 5 heteroatoms. The molecule has 0 aliphatic heterocycles. The Hall–Kier alpha value is -1.04. The second-order valence-corrected chi connectivity index (χ2v) is 6.06. The zero-order valence-corrected chi connectivity index (χ0v) is 14.2. The SMILES string of the molecule is COCc1ccccc1NCc1cc(Br)c(O)c(Br)c1. The Balaban J connectivity index is 2.13. The first kappa shape index (κ1) is 15.4. The van der Waals surface area contributed by atoms with Crippen molar-refractivity contribution < 1.29 is 9.84 Å². The molecule has 0 unspecified atom stereocenters. The predicted molar refractivity (Wildman–Crippen MR) is 88.0 cm³/mol. The van der Waals surface area contributed by atoms with Crippen LogP contribution in [0.3, 0.4) is 0 Å². The fourth-order valence-corrected chi connectivity index (χ4v) is 3.17. The summed E-state index contributed by atoms with van der Waals surface area (Å²) in [5, 5.41) is 13.1. The van der Waals surface area contributed by atoms with Gasteiger partial charge in [-0.3, -0.25) is 0 Å². The van der Waals surface area contributed by atoms with Crippen LogP contribution in [0.25, 0.3) is 0 Å². The molecule has 0 radical (unpaired) electrons. The lowest BCUT2D eigenvalue weighted by atomic mass is 10.1. The fraction of sp³-hybridized carbons (Fsp3) is 0.200. The molecule has 0 amide bonds. The van der Waals surface area contributed by atoms with Crippen LogP contribution in [0.1, 0.15) is 11.1 Å².